The molecule has 7 nitrogen and oxygen atoms in total. The molecule has 0 bridgehead atoms. The van der Waals surface area contributed by atoms with E-state index in [4.69, 9.17) is 37.4 Å². The number of rotatable bonds is 9. The second-order valence-electron chi connectivity index (χ2n) is 8.07. The summed E-state index contributed by atoms with van der Waals surface area (Å²) < 4.78 is 17.2. The average molecular weight is 474 g/mol. The topological polar surface area (TPSA) is 72.1 Å². The zero-order valence-corrected chi connectivity index (χ0v) is 19.9. The molecule has 2 aliphatic rings. The van der Waals surface area contributed by atoms with Gasteiger partial charge in [-0.1, -0.05) is 23.2 Å². The summed E-state index contributed by atoms with van der Waals surface area (Å²) in [7, 11) is 3.73. The lowest BCUT2D eigenvalue weighted by Gasteiger charge is -2.38. The number of hydrogen-bond donors (Lipinski definition) is 2. The van der Waals surface area contributed by atoms with E-state index in [1.807, 2.05) is 7.05 Å². The van der Waals surface area contributed by atoms with E-state index in [1.165, 1.54) is 12.8 Å². The monoisotopic (exact) mass is 473 g/mol. The summed E-state index contributed by atoms with van der Waals surface area (Å²) in [5, 5.41) is 6.78. The van der Waals surface area contributed by atoms with Crippen LogP contribution < -0.4 is 20.1 Å². The largest absolute Gasteiger partial charge is 0.489 e. The van der Waals surface area contributed by atoms with Crippen LogP contribution >= 0.6 is 23.2 Å². The van der Waals surface area contributed by atoms with Gasteiger partial charge in [-0.3, -0.25) is 4.79 Å². The maximum atomic E-state index is 13.0. The first-order chi connectivity index (χ1) is 15.0. The van der Waals surface area contributed by atoms with E-state index in [1.54, 1.807) is 13.2 Å². The standard InChI is InChI=1S/C22H33Cl2N3O4/c1-25-7-3-4-8-27-9-6-15(18(14-27)29-2)13-26-22(28)16-12-17(23)19(24)21-20(16)30-10-5-11-31-21/h12,15,18,25H,3-11,13-14H2,1-2H3,(H,26,28)/t15-,18?/m0/s1. The van der Waals surface area contributed by atoms with Crippen LogP contribution in [0.25, 0.3) is 0 Å². The molecule has 174 valence electrons. The third-order valence-corrected chi connectivity index (χ3v) is 6.69. The predicted octanol–water partition coefficient (Wildman–Crippen LogP) is 3.22. The van der Waals surface area contributed by atoms with Crippen molar-refractivity contribution in [3.05, 3.63) is 21.7 Å². The Kier molecular flexibility index (Phi) is 9.53. The third-order valence-electron chi connectivity index (χ3n) is 5.92. The number of likely N-dealkylation sites (tertiary alicyclic amines) is 1. The van der Waals surface area contributed by atoms with Gasteiger partial charge in [0.05, 0.1) is 29.9 Å². The molecule has 31 heavy (non-hydrogen) atoms. The summed E-state index contributed by atoms with van der Waals surface area (Å²) in [4.78, 5) is 15.4. The summed E-state index contributed by atoms with van der Waals surface area (Å²) in [6.45, 7) is 5.48. The molecule has 1 saturated heterocycles. The first-order valence-corrected chi connectivity index (χ1v) is 11.8. The lowest BCUT2D eigenvalue weighted by atomic mass is 9.93. The van der Waals surface area contributed by atoms with Gasteiger partial charge in [0.1, 0.15) is 5.02 Å². The Bertz CT molecular complexity index is 750. The van der Waals surface area contributed by atoms with E-state index >= 15 is 0 Å². The normalized spacial score (nSPS) is 21.5. The number of ether oxygens (including phenoxy) is 3. The number of hydrogen-bond acceptors (Lipinski definition) is 6. The van der Waals surface area contributed by atoms with Crippen molar-refractivity contribution in [2.75, 3.05) is 60.1 Å². The zero-order valence-electron chi connectivity index (χ0n) is 18.3. The minimum Gasteiger partial charge on any atom is -0.489 e. The van der Waals surface area contributed by atoms with E-state index in [0.29, 0.717) is 43.2 Å². The minimum absolute atomic E-state index is 0.0869. The molecule has 1 unspecified atom stereocenters. The molecule has 2 heterocycles. The molecule has 9 heteroatoms. The summed E-state index contributed by atoms with van der Waals surface area (Å²) in [5.74, 6) is 0.716. The molecule has 1 aromatic rings. The molecular formula is C22H33Cl2N3O4. The summed E-state index contributed by atoms with van der Waals surface area (Å²) in [6.07, 6.45) is 4.12. The molecule has 1 aromatic carbocycles. The number of carbonyl (C=O) groups is 1. The fourth-order valence-electron chi connectivity index (χ4n) is 4.12. The van der Waals surface area contributed by atoms with Crippen molar-refractivity contribution in [1.82, 2.24) is 15.5 Å². The fourth-order valence-corrected chi connectivity index (χ4v) is 4.51. The Balaban J connectivity index is 1.59. The van der Waals surface area contributed by atoms with Crippen molar-refractivity contribution in [1.29, 1.82) is 0 Å². The highest BCUT2D eigenvalue weighted by Gasteiger charge is 2.30. The number of amides is 1. The SMILES string of the molecule is CNCCCCN1CC[C@@H](CNC(=O)c2cc(Cl)c(Cl)c3c2OCCCO3)C(OC)C1. The van der Waals surface area contributed by atoms with Crippen LogP contribution in [0.2, 0.25) is 10.0 Å². The van der Waals surface area contributed by atoms with Crippen LogP contribution in [0.3, 0.4) is 0 Å². The van der Waals surface area contributed by atoms with Gasteiger partial charge in [0.25, 0.3) is 5.91 Å². The quantitative estimate of drug-likeness (QED) is 0.536. The fraction of sp³-hybridized carbons (Fsp3) is 0.682. The Morgan fingerprint density at radius 1 is 1.26 bits per heavy atom. The second-order valence-corrected chi connectivity index (χ2v) is 8.86. The highest BCUT2D eigenvalue weighted by Crippen LogP contribution is 2.44. The number of piperidine rings is 1. The van der Waals surface area contributed by atoms with E-state index in [2.05, 4.69) is 15.5 Å². The van der Waals surface area contributed by atoms with E-state index in [9.17, 15) is 4.79 Å². The van der Waals surface area contributed by atoms with Crippen LogP contribution in [0.4, 0.5) is 0 Å². The Labute approximate surface area is 194 Å². The van der Waals surface area contributed by atoms with Gasteiger partial charge < -0.3 is 29.7 Å². The third kappa shape index (κ3) is 6.39. The second kappa shape index (κ2) is 12.1. The van der Waals surface area contributed by atoms with Crippen molar-refractivity contribution in [2.45, 2.75) is 31.8 Å². The molecule has 2 atom stereocenters. The van der Waals surface area contributed by atoms with Crippen LogP contribution in [-0.4, -0.2) is 77.0 Å². The molecule has 2 aliphatic heterocycles. The highest BCUT2D eigenvalue weighted by molar-refractivity contribution is 6.43. The van der Waals surface area contributed by atoms with Gasteiger partial charge in [-0.2, -0.15) is 0 Å². The van der Waals surface area contributed by atoms with Gasteiger partial charge in [0.15, 0.2) is 11.5 Å². The zero-order chi connectivity index (χ0) is 22.2. The Morgan fingerprint density at radius 2 is 2.03 bits per heavy atom. The van der Waals surface area contributed by atoms with Crippen molar-refractivity contribution in [2.24, 2.45) is 5.92 Å². The van der Waals surface area contributed by atoms with E-state index in [-0.39, 0.29) is 28.0 Å². The van der Waals surface area contributed by atoms with Crippen molar-refractivity contribution in [3.8, 4) is 11.5 Å². The maximum absolute atomic E-state index is 13.0. The van der Waals surface area contributed by atoms with Gasteiger partial charge in [-0.15, -0.1) is 0 Å². The van der Waals surface area contributed by atoms with Gasteiger partial charge in [0.2, 0.25) is 0 Å². The molecule has 0 saturated carbocycles. The van der Waals surface area contributed by atoms with Gasteiger partial charge in [-0.25, -0.2) is 0 Å². The van der Waals surface area contributed by atoms with Crippen LogP contribution in [0.1, 0.15) is 36.0 Å². The molecule has 0 spiro atoms. The lowest BCUT2D eigenvalue weighted by molar-refractivity contribution is -0.0107. The van der Waals surface area contributed by atoms with E-state index < -0.39 is 0 Å². The number of fused-ring (bicyclic) bond motifs is 1. The molecule has 1 fully saturated rings. The first-order valence-electron chi connectivity index (χ1n) is 11.0. The number of halogens is 2. The minimum atomic E-state index is -0.246. The van der Waals surface area contributed by atoms with Crippen LogP contribution in [0.15, 0.2) is 6.07 Å². The Hall–Kier alpha value is -1.25. The summed E-state index contributed by atoms with van der Waals surface area (Å²) in [5.41, 5.74) is 0.349. The van der Waals surface area contributed by atoms with Gasteiger partial charge >= 0.3 is 0 Å². The van der Waals surface area contributed by atoms with Crippen molar-refractivity contribution < 1.29 is 19.0 Å². The molecule has 0 aromatic heterocycles. The summed E-state index contributed by atoms with van der Waals surface area (Å²) in [6, 6.07) is 1.55. The Morgan fingerprint density at radius 3 is 2.77 bits per heavy atom. The van der Waals surface area contributed by atoms with Gasteiger partial charge in [-0.05, 0) is 52.0 Å². The van der Waals surface area contributed by atoms with Crippen molar-refractivity contribution >= 4 is 29.1 Å². The number of nitrogens with zero attached hydrogens (tertiary/aromatic N) is 1. The maximum Gasteiger partial charge on any atom is 0.255 e. The molecule has 0 aliphatic carbocycles. The summed E-state index contributed by atoms with van der Waals surface area (Å²) >= 11 is 12.5. The number of methoxy groups -OCH3 is 1. The van der Waals surface area contributed by atoms with Crippen LogP contribution in [-0.2, 0) is 4.74 Å². The molecule has 1 amide bonds. The number of carbonyl (C=O) groups excluding carboxylic acids is 1. The lowest BCUT2D eigenvalue weighted by Crippen LogP contribution is -2.48. The number of nitrogens with one attached hydrogen (secondary N) is 2. The predicted molar refractivity (Wildman–Crippen MR) is 123 cm³/mol. The van der Waals surface area contributed by atoms with Gasteiger partial charge in [0, 0.05) is 32.5 Å². The van der Waals surface area contributed by atoms with E-state index in [0.717, 1.165) is 32.6 Å². The molecule has 3 rings (SSSR count). The smallest absolute Gasteiger partial charge is 0.255 e. The highest BCUT2D eigenvalue weighted by atomic mass is 35.5. The first kappa shape index (κ1) is 24.4. The van der Waals surface area contributed by atoms with Crippen molar-refractivity contribution in [3.63, 3.8) is 0 Å². The van der Waals surface area contributed by atoms with Crippen LogP contribution in [0.5, 0.6) is 11.5 Å². The molecule has 0 radical (unpaired) electrons. The molecular weight excluding hydrogens is 441 g/mol. The van der Waals surface area contributed by atoms with Crippen LogP contribution in [0, 0.1) is 5.92 Å². The molecule has 2 N–H and O–H groups in total. The number of benzene rings is 1. The number of unbranched alkanes of at least 4 members (excludes halogenated alkanes) is 1. The average Bonchev–Trinajstić information content (AvgIpc) is 3.04.